The lowest BCUT2D eigenvalue weighted by Gasteiger charge is -2.34. The molecule has 2 aliphatic carbocycles. The molecule has 188 valence electrons. The molecule has 6 rings (SSSR count). The lowest BCUT2D eigenvalue weighted by molar-refractivity contribution is -0.138. The van der Waals surface area contributed by atoms with Gasteiger partial charge in [-0.25, -0.2) is 9.37 Å². The van der Waals surface area contributed by atoms with E-state index in [0.29, 0.717) is 36.0 Å². The molecule has 3 aromatic rings. The van der Waals surface area contributed by atoms with Crippen molar-refractivity contribution in [2.45, 2.75) is 44.6 Å². The third-order valence-electron chi connectivity index (χ3n) is 8.54. The average Bonchev–Trinajstić information content (AvgIpc) is 3.57. The first-order valence-corrected chi connectivity index (χ1v) is 13.0. The van der Waals surface area contributed by atoms with Crippen LogP contribution in [-0.2, 0) is 4.79 Å². The number of hydrogen-bond donors (Lipinski definition) is 2. The number of benzene rings is 1. The quantitative estimate of drug-likeness (QED) is 0.461. The largest absolute Gasteiger partial charge is 0.496 e. The highest BCUT2D eigenvalue weighted by atomic mass is 19.1. The van der Waals surface area contributed by atoms with Crippen LogP contribution in [0.5, 0.6) is 5.75 Å². The van der Waals surface area contributed by atoms with Crippen LogP contribution in [0.3, 0.4) is 0 Å². The fourth-order valence-electron chi connectivity index (χ4n) is 6.73. The van der Waals surface area contributed by atoms with Gasteiger partial charge in [-0.1, -0.05) is 6.08 Å². The van der Waals surface area contributed by atoms with E-state index in [1.807, 2.05) is 6.07 Å². The molecule has 6 nitrogen and oxygen atoms in total. The SMILES string of the molecule is COc1ccc(F)cc1-c1ccnc2[nH]c(C3=CC4CN(C5CCC(CC(=O)O)CC5)CC4C3)cc12. The molecule has 0 amide bonds. The van der Waals surface area contributed by atoms with Gasteiger partial charge in [-0.15, -0.1) is 0 Å². The zero-order valence-electron chi connectivity index (χ0n) is 20.5. The Morgan fingerprint density at radius 3 is 2.75 bits per heavy atom. The molecule has 0 bridgehead atoms. The van der Waals surface area contributed by atoms with Crippen molar-refractivity contribution in [3.05, 3.63) is 54.1 Å². The molecular formula is C29H32FN3O3. The molecule has 7 heteroatoms. The van der Waals surface area contributed by atoms with E-state index in [1.165, 1.54) is 17.7 Å². The number of ether oxygens (including phenoxy) is 1. The number of pyridine rings is 1. The fourth-order valence-corrected chi connectivity index (χ4v) is 6.73. The second-order valence-corrected chi connectivity index (χ2v) is 10.7. The summed E-state index contributed by atoms with van der Waals surface area (Å²) in [4.78, 5) is 21.7. The van der Waals surface area contributed by atoms with Crippen LogP contribution in [-0.4, -0.2) is 52.2 Å². The number of aromatic amines is 1. The van der Waals surface area contributed by atoms with Crippen LogP contribution in [0.15, 0.2) is 42.6 Å². The highest BCUT2D eigenvalue weighted by Crippen LogP contribution is 2.44. The molecule has 1 aliphatic heterocycles. The van der Waals surface area contributed by atoms with Crippen LogP contribution in [0.4, 0.5) is 4.39 Å². The van der Waals surface area contributed by atoms with Crippen LogP contribution >= 0.6 is 0 Å². The highest BCUT2D eigenvalue weighted by molar-refractivity contribution is 5.96. The van der Waals surface area contributed by atoms with Gasteiger partial charge in [-0.3, -0.25) is 9.69 Å². The van der Waals surface area contributed by atoms with E-state index >= 15 is 0 Å². The predicted octanol–water partition coefficient (Wildman–Crippen LogP) is 5.75. The molecule has 0 spiro atoms. The minimum atomic E-state index is -0.666. The molecular weight excluding hydrogens is 457 g/mol. The van der Waals surface area contributed by atoms with Crippen LogP contribution in [0.25, 0.3) is 27.7 Å². The van der Waals surface area contributed by atoms with Crippen LogP contribution in [0, 0.1) is 23.6 Å². The highest BCUT2D eigenvalue weighted by Gasteiger charge is 2.40. The molecule has 1 saturated carbocycles. The number of nitrogens with one attached hydrogen (secondary N) is 1. The number of H-pyrrole nitrogens is 1. The molecule has 3 aliphatic rings. The number of rotatable bonds is 6. The Hall–Kier alpha value is -3.19. The summed E-state index contributed by atoms with van der Waals surface area (Å²) in [6.45, 7) is 2.20. The molecule has 1 saturated heterocycles. The van der Waals surface area contributed by atoms with E-state index in [9.17, 15) is 9.18 Å². The second-order valence-electron chi connectivity index (χ2n) is 10.7. The van der Waals surface area contributed by atoms with E-state index in [0.717, 1.165) is 73.0 Å². The Kier molecular flexibility index (Phi) is 6.04. The van der Waals surface area contributed by atoms with E-state index in [1.54, 1.807) is 19.4 Å². The van der Waals surface area contributed by atoms with Gasteiger partial charge >= 0.3 is 5.97 Å². The zero-order chi connectivity index (χ0) is 24.8. The van der Waals surface area contributed by atoms with Gasteiger partial charge in [-0.05, 0) is 91.3 Å². The van der Waals surface area contributed by atoms with Crippen molar-refractivity contribution in [1.82, 2.24) is 14.9 Å². The first kappa shape index (κ1) is 23.2. The van der Waals surface area contributed by atoms with E-state index in [-0.39, 0.29) is 5.82 Å². The van der Waals surface area contributed by atoms with Gasteiger partial charge in [0, 0.05) is 48.4 Å². The number of aromatic nitrogens is 2. The van der Waals surface area contributed by atoms with Gasteiger partial charge in [0.15, 0.2) is 0 Å². The van der Waals surface area contributed by atoms with Crippen molar-refractivity contribution >= 4 is 22.6 Å². The Bertz CT molecular complexity index is 1320. The summed E-state index contributed by atoms with van der Waals surface area (Å²) in [5.41, 5.74) is 4.86. The van der Waals surface area contributed by atoms with E-state index < -0.39 is 5.97 Å². The number of carbonyl (C=O) groups is 1. The lowest BCUT2D eigenvalue weighted by atomic mass is 9.83. The van der Waals surface area contributed by atoms with Crippen molar-refractivity contribution < 1.29 is 19.0 Å². The van der Waals surface area contributed by atoms with Crippen molar-refractivity contribution in [2.75, 3.05) is 20.2 Å². The molecule has 2 atom stereocenters. The second kappa shape index (κ2) is 9.36. The summed E-state index contributed by atoms with van der Waals surface area (Å²) < 4.78 is 19.6. The van der Waals surface area contributed by atoms with E-state index in [2.05, 4.69) is 27.0 Å². The Morgan fingerprint density at radius 2 is 2.00 bits per heavy atom. The first-order valence-electron chi connectivity index (χ1n) is 13.0. The number of hydrogen-bond acceptors (Lipinski definition) is 4. The van der Waals surface area contributed by atoms with Crippen LogP contribution in [0.1, 0.15) is 44.2 Å². The number of fused-ring (bicyclic) bond motifs is 2. The van der Waals surface area contributed by atoms with Gasteiger partial charge < -0.3 is 14.8 Å². The normalized spacial score (nSPS) is 26.2. The van der Waals surface area contributed by atoms with Gasteiger partial charge in [0.25, 0.3) is 0 Å². The van der Waals surface area contributed by atoms with Crippen molar-refractivity contribution in [3.63, 3.8) is 0 Å². The molecule has 2 aromatic heterocycles. The van der Waals surface area contributed by atoms with E-state index in [4.69, 9.17) is 9.84 Å². The number of nitrogens with zero attached hydrogens (tertiary/aromatic N) is 2. The van der Waals surface area contributed by atoms with Crippen LogP contribution in [0.2, 0.25) is 0 Å². The van der Waals surface area contributed by atoms with Gasteiger partial charge in [0.05, 0.1) is 7.11 Å². The summed E-state index contributed by atoms with van der Waals surface area (Å²) in [6, 6.07) is 9.25. The smallest absolute Gasteiger partial charge is 0.303 e. The third kappa shape index (κ3) is 4.30. The number of aliphatic carboxylic acids is 1. The Morgan fingerprint density at radius 1 is 1.17 bits per heavy atom. The number of carboxylic acid groups (broad SMARTS) is 1. The lowest BCUT2D eigenvalue weighted by Crippen LogP contribution is -2.37. The summed E-state index contributed by atoms with van der Waals surface area (Å²) >= 11 is 0. The molecule has 1 aromatic carbocycles. The zero-order valence-corrected chi connectivity index (χ0v) is 20.5. The van der Waals surface area contributed by atoms with Crippen molar-refractivity contribution in [2.24, 2.45) is 17.8 Å². The van der Waals surface area contributed by atoms with Crippen LogP contribution < -0.4 is 4.74 Å². The predicted molar refractivity (Wildman–Crippen MR) is 137 cm³/mol. The van der Waals surface area contributed by atoms with Gasteiger partial charge in [-0.2, -0.15) is 0 Å². The molecule has 2 unspecified atom stereocenters. The molecule has 36 heavy (non-hydrogen) atoms. The number of methoxy groups -OCH3 is 1. The standard InChI is InChI=1S/C29H32FN3O3/c1-36-27-7-4-21(30)13-24(27)23-8-9-31-29-25(23)14-26(32-29)18-11-19-15-33(16-20(19)12-18)22-5-2-17(3-6-22)10-28(34)35/h4,7-9,11,13-14,17,19-20,22H,2-3,5-6,10,12,15-16H2,1H3,(H,31,32)(H,34,35). The minimum Gasteiger partial charge on any atom is -0.496 e. The topological polar surface area (TPSA) is 78.5 Å². The summed E-state index contributed by atoms with van der Waals surface area (Å²) in [5, 5.41) is 10.0. The summed E-state index contributed by atoms with van der Waals surface area (Å²) in [7, 11) is 1.60. The summed E-state index contributed by atoms with van der Waals surface area (Å²) in [5.74, 6) is 1.20. The van der Waals surface area contributed by atoms with Crippen molar-refractivity contribution in [3.8, 4) is 16.9 Å². The number of carboxylic acids is 1. The van der Waals surface area contributed by atoms with Gasteiger partial charge in [0.1, 0.15) is 17.2 Å². The average molecular weight is 490 g/mol. The number of likely N-dealkylation sites (tertiary alicyclic amines) is 1. The molecule has 2 fully saturated rings. The maximum atomic E-state index is 14.1. The first-order chi connectivity index (χ1) is 17.5. The fraction of sp³-hybridized carbons (Fsp3) is 0.448. The summed E-state index contributed by atoms with van der Waals surface area (Å²) in [6.07, 6.45) is 9.85. The number of allylic oxidation sites excluding steroid dienone is 1. The molecule has 2 N–H and O–H groups in total. The van der Waals surface area contributed by atoms with Gasteiger partial charge in [0.2, 0.25) is 0 Å². The third-order valence-corrected chi connectivity index (χ3v) is 8.54. The maximum absolute atomic E-state index is 14.1. The van der Waals surface area contributed by atoms with Crippen molar-refractivity contribution in [1.29, 1.82) is 0 Å². The Labute approximate surface area is 210 Å². The number of halogens is 1. The Balaban J connectivity index is 1.19. The molecule has 3 heterocycles. The molecule has 0 radical (unpaired) electrons. The maximum Gasteiger partial charge on any atom is 0.303 e. The monoisotopic (exact) mass is 489 g/mol. The minimum absolute atomic E-state index is 0.294.